The first-order chi connectivity index (χ1) is 7.61. The van der Waals surface area contributed by atoms with Crippen molar-refractivity contribution in [1.82, 2.24) is 0 Å². The minimum Gasteiger partial charge on any atom is -0.390 e. The number of aliphatic hydroxyl groups is 2. The first kappa shape index (κ1) is 13.0. The van der Waals surface area contributed by atoms with Crippen molar-refractivity contribution in [1.29, 1.82) is 5.26 Å². The minimum absolute atomic E-state index is 0.392. The fourth-order valence-corrected chi connectivity index (χ4v) is 1.92. The first-order valence-corrected chi connectivity index (χ1v) is 5.71. The highest BCUT2D eigenvalue weighted by Crippen LogP contribution is 2.25. The van der Waals surface area contributed by atoms with E-state index in [1.165, 1.54) is 0 Å². The van der Waals surface area contributed by atoms with Crippen LogP contribution in [0.5, 0.6) is 0 Å². The van der Waals surface area contributed by atoms with Crippen molar-refractivity contribution in [2.45, 2.75) is 25.6 Å². The van der Waals surface area contributed by atoms with E-state index in [4.69, 9.17) is 5.26 Å². The quantitative estimate of drug-likeness (QED) is 0.697. The molecule has 3 nitrogen and oxygen atoms in total. The molecule has 0 saturated heterocycles. The molecule has 4 heteroatoms. The van der Waals surface area contributed by atoms with Crippen molar-refractivity contribution in [2.24, 2.45) is 0 Å². The van der Waals surface area contributed by atoms with Crippen LogP contribution in [0.25, 0.3) is 0 Å². The van der Waals surface area contributed by atoms with E-state index in [0.29, 0.717) is 23.3 Å². The maximum absolute atomic E-state index is 9.98. The van der Waals surface area contributed by atoms with Gasteiger partial charge in [0.25, 0.3) is 0 Å². The van der Waals surface area contributed by atoms with Crippen LogP contribution in [-0.4, -0.2) is 22.1 Å². The van der Waals surface area contributed by atoms with Crippen molar-refractivity contribution >= 4 is 12.6 Å². The highest BCUT2D eigenvalue weighted by molar-refractivity contribution is 7.80. The number of nitrogens with zero attached hydrogens (tertiary/aromatic N) is 1. The van der Waals surface area contributed by atoms with E-state index >= 15 is 0 Å². The summed E-state index contributed by atoms with van der Waals surface area (Å²) in [5.74, 6) is 0.492. The number of hydrogen-bond acceptors (Lipinski definition) is 4. The number of aryl methyl sites for hydroxylation is 1. The van der Waals surface area contributed by atoms with Crippen LogP contribution in [-0.2, 0) is 0 Å². The van der Waals surface area contributed by atoms with Gasteiger partial charge < -0.3 is 10.2 Å². The topological polar surface area (TPSA) is 64.2 Å². The van der Waals surface area contributed by atoms with Gasteiger partial charge in [0.2, 0.25) is 0 Å². The van der Waals surface area contributed by atoms with Crippen LogP contribution in [0.3, 0.4) is 0 Å². The average Bonchev–Trinajstić information content (AvgIpc) is 2.28. The van der Waals surface area contributed by atoms with Gasteiger partial charge in [0, 0.05) is 5.56 Å². The Morgan fingerprint density at radius 2 is 2.12 bits per heavy atom. The second kappa shape index (κ2) is 5.90. The number of nitriles is 1. The summed E-state index contributed by atoms with van der Waals surface area (Å²) in [6.45, 7) is 1.81. The first-order valence-electron chi connectivity index (χ1n) is 5.08. The van der Waals surface area contributed by atoms with Gasteiger partial charge in [-0.25, -0.2) is 0 Å². The van der Waals surface area contributed by atoms with Gasteiger partial charge in [-0.2, -0.15) is 17.9 Å². The van der Waals surface area contributed by atoms with E-state index in [1.807, 2.05) is 19.1 Å². The van der Waals surface area contributed by atoms with Crippen molar-refractivity contribution < 1.29 is 10.2 Å². The lowest BCUT2D eigenvalue weighted by atomic mass is 9.94. The standard InChI is InChI=1S/C12H15NO2S/c1-8-3-2-4-9(7-13)11(8)12(15)10(14)5-6-16/h2-4,10,12,14-16H,5-6H2,1H3. The SMILES string of the molecule is Cc1cccc(C#N)c1C(O)C(O)CCS. The molecule has 86 valence electrons. The minimum atomic E-state index is -1.03. The molecule has 0 spiro atoms. The molecule has 0 amide bonds. The zero-order valence-electron chi connectivity index (χ0n) is 9.09. The molecule has 0 bridgehead atoms. The van der Waals surface area contributed by atoms with Crippen LogP contribution < -0.4 is 0 Å². The largest absolute Gasteiger partial charge is 0.390 e. The highest BCUT2D eigenvalue weighted by atomic mass is 32.1. The molecule has 2 N–H and O–H groups in total. The maximum Gasteiger partial charge on any atom is 0.106 e. The molecule has 1 aromatic rings. The third-order valence-electron chi connectivity index (χ3n) is 2.53. The molecule has 0 aromatic heterocycles. The Morgan fingerprint density at radius 1 is 1.44 bits per heavy atom. The predicted molar refractivity (Wildman–Crippen MR) is 65.3 cm³/mol. The molecular weight excluding hydrogens is 222 g/mol. The highest BCUT2D eigenvalue weighted by Gasteiger charge is 2.22. The molecule has 0 heterocycles. The Kier molecular flexibility index (Phi) is 4.81. The molecular formula is C12H15NO2S. The van der Waals surface area contributed by atoms with Gasteiger partial charge in [0.05, 0.1) is 17.7 Å². The molecule has 1 aromatic carbocycles. The Bertz CT molecular complexity index is 400. The van der Waals surface area contributed by atoms with Crippen molar-refractivity contribution in [3.63, 3.8) is 0 Å². The lowest BCUT2D eigenvalue weighted by molar-refractivity contribution is 0.0167. The van der Waals surface area contributed by atoms with Gasteiger partial charge in [-0.3, -0.25) is 0 Å². The normalized spacial score (nSPS) is 14.2. The molecule has 1 rings (SSSR count). The van der Waals surface area contributed by atoms with Crippen molar-refractivity contribution in [3.8, 4) is 6.07 Å². The molecule has 0 aliphatic heterocycles. The third-order valence-corrected chi connectivity index (χ3v) is 2.79. The predicted octanol–water partition coefficient (Wildman–Crippen LogP) is 1.58. The van der Waals surface area contributed by atoms with Gasteiger partial charge in [-0.15, -0.1) is 0 Å². The van der Waals surface area contributed by atoms with E-state index < -0.39 is 12.2 Å². The summed E-state index contributed by atoms with van der Waals surface area (Å²) in [6.07, 6.45) is -1.52. The summed E-state index contributed by atoms with van der Waals surface area (Å²) in [7, 11) is 0. The van der Waals surface area contributed by atoms with Gasteiger partial charge in [0.15, 0.2) is 0 Å². The summed E-state index contributed by atoms with van der Waals surface area (Å²) in [5.41, 5.74) is 1.73. The fourth-order valence-electron chi connectivity index (χ4n) is 1.65. The van der Waals surface area contributed by atoms with Gasteiger partial charge in [-0.05, 0) is 30.7 Å². The Morgan fingerprint density at radius 3 is 2.69 bits per heavy atom. The van der Waals surface area contributed by atoms with E-state index in [1.54, 1.807) is 12.1 Å². The molecule has 0 aliphatic carbocycles. The number of aliphatic hydroxyl groups excluding tert-OH is 2. The number of hydrogen-bond donors (Lipinski definition) is 3. The van der Waals surface area contributed by atoms with Crippen molar-refractivity contribution in [3.05, 3.63) is 34.9 Å². The van der Waals surface area contributed by atoms with E-state index in [9.17, 15) is 10.2 Å². The monoisotopic (exact) mass is 237 g/mol. The molecule has 0 radical (unpaired) electrons. The number of thiol groups is 1. The third kappa shape index (κ3) is 2.76. The Labute approximate surface area is 101 Å². The molecule has 0 aliphatic rings. The summed E-state index contributed by atoms with van der Waals surface area (Å²) in [6, 6.07) is 7.23. The second-order valence-corrected chi connectivity index (χ2v) is 4.12. The number of rotatable bonds is 4. The van der Waals surface area contributed by atoms with E-state index in [-0.39, 0.29) is 0 Å². The van der Waals surface area contributed by atoms with Crippen LogP contribution in [0.15, 0.2) is 18.2 Å². The lowest BCUT2D eigenvalue weighted by Gasteiger charge is -2.20. The van der Waals surface area contributed by atoms with Crippen molar-refractivity contribution in [2.75, 3.05) is 5.75 Å². The van der Waals surface area contributed by atoms with E-state index in [0.717, 1.165) is 5.56 Å². The number of benzene rings is 1. The molecule has 0 fully saturated rings. The fraction of sp³-hybridized carbons (Fsp3) is 0.417. The zero-order valence-corrected chi connectivity index (χ0v) is 9.98. The van der Waals surface area contributed by atoms with Gasteiger partial charge in [0.1, 0.15) is 6.10 Å². The van der Waals surface area contributed by atoms with Gasteiger partial charge >= 0.3 is 0 Å². The van der Waals surface area contributed by atoms with Gasteiger partial charge in [-0.1, -0.05) is 12.1 Å². The van der Waals surface area contributed by atoms with Crippen LogP contribution in [0.1, 0.15) is 29.2 Å². The van der Waals surface area contributed by atoms with Crippen LogP contribution in [0.4, 0.5) is 0 Å². The van der Waals surface area contributed by atoms with Crippen LogP contribution >= 0.6 is 12.6 Å². The molecule has 0 saturated carbocycles. The smallest absolute Gasteiger partial charge is 0.106 e. The second-order valence-electron chi connectivity index (χ2n) is 3.67. The lowest BCUT2D eigenvalue weighted by Crippen LogP contribution is -2.20. The van der Waals surface area contributed by atoms with Crippen LogP contribution in [0, 0.1) is 18.3 Å². The summed E-state index contributed by atoms with van der Waals surface area (Å²) < 4.78 is 0. The Balaban J connectivity index is 3.07. The molecule has 2 atom stereocenters. The van der Waals surface area contributed by atoms with Crippen LogP contribution in [0.2, 0.25) is 0 Å². The average molecular weight is 237 g/mol. The maximum atomic E-state index is 9.98. The summed E-state index contributed by atoms with van der Waals surface area (Å²) in [5, 5.41) is 28.6. The molecule has 2 unspecified atom stereocenters. The van der Waals surface area contributed by atoms with E-state index in [2.05, 4.69) is 12.6 Å². The molecule has 16 heavy (non-hydrogen) atoms. The summed E-state index contributed by atoms with van der Waals surface area (Å²) in [4.78, 5) is 0. The zero-order chi connectivity index (χ0) is 12.1. The Hall–Kier alpha value is -1.02. The summed E-state index contributed by atoms with van der Waals surface area (Å²) >= 11 is 4.01.